The fourth-order valence-electron chi connectivity index (χ4n) is 3.64. The molecule has 0 bridgehead atoms. The van der Waals surface area contributed by atoms with Crippen molar-refractivity contribution in [2.45, 2.75) is 31.3 Å². The van der Waals surface area contributed by atoms with Crippen LogP contribution in [0.3, 0.4) is 0 Å². The van der Waals surface area contributed by atoms with Crippen LogP contribution in [0.5, 0.6) is 0 Å². The van der Waals surface area contributed by atoms with Gasteiger partial charge < -0.3 is 27.0 Å². The van der Waals surface area contributed by atoms with Gasteiger partial charge in [0.2, 0.25) is 17.6 Å². The lowest BCUT2D eigenvalue weighted by Gasteiger charge is -2.33. The second-order valence-electron chi connectivity index (χ2n) is 7.73. The van der Waals surface area contributed by atoms with Gasteiger partial charge in [-0.05, 0) is 24.8 Å². The van der Waals surface area contributed by atoms with Gasteiger partial charge in [-0.1, -0.05) is 30.3 Å². The van der Waals surface area contributed by atoms with E-state index in [1.165, 1.54) is 16.2 Å². The summed E-state index contributed by atoms with van der Waals surface area (Å²) in [4.78, 5) is 48.0. The third-order valence-corrected chi connectivity index (χ3v) is 6.03. The average Bonchev–Trinajstić information content (AvgIpc) is 3.33. The van der Waals surface area contributed by atoms with Crippen LogP contribution < -0.4 is 22.1 Å². The number of nitrogens with zero attached hydrogens (tertiary/aromatic N) is 3. The molecule has 3 rings (SSSR count). The number of hydrogen-bond donors (Lipinski definition) is 4. The molecule has 10 nitrogen and oxygen atoms in total. The van der Waals surface area contributed by atoms with E-state index in [-0.39, 0.29) is 36.1 Å². The summed E-state index contributed by atoms with van der Waals surface area (Å²) in [6.45, 7) is 1.25. The highest BCUT2D eigenvalue weighted by Gasteiger charge is 2.31. The van der Waals surface area contributed by atoms with E-state index in [0.29, 0.717) is 43.9 Å². The molecule has 2 aromatic rings. The van der Waals surface area contributed by atoms with Crippen LogP contribution in [-0.2, 0) is 16.0 Å². The van der Waals surface area contributed by atoms with Crippen molar-refractivity contribution in [1.29, 1.82) is 0 Å². The summed E-state index contributed by atoms with van der Waals surface area (Å²) in [5.41, 5.74) is 11.7. The first-order valence-electron chi connectivity index (χ1n) is 10.8. The monoisotopic (exact) mass is 471 g/mol. The second kappa shape index (κ2) is 12.1. The number of ketones is 1. The molecular formula is C22H29N7O3S. The lowest BCUT2D eigenvalue weighted by Crippen LogP contribution is -2.58. The summed E-state index contributed by atoms with van der Waals surface area (Å²) in [7, 11) is 0. The Labute approximate surface area is 196 Å². The van der Waals surface area contributed by atoms with E-state index in [2.05, 4.69) is 20.6 Å². The van der Waals surface area contributed by atoms with Crippen LogP contribution in [0, 0.1) is 0 Å². The standard InChI is InChI=1S/C22H29N7O3S/c23-22(24)27-8-4-7-16(19(31)20-26-10-12-33-20)28-18(30)14-29-11-9-25-17(21(29)32)13-15-5-2-1-3-6-15/h1-3,5-6,10,12,16-17,25H,4,7-9,11,13-14H2,(H,28,30)(H4,23,24,27)/t16-,17-/m0/s1. The molecule has 2 heterocycles. The molecule has 1 aromatic carbocycles. The zero-order valence-corrected chi connectivity index (χ0v) is 19.1. The van der Waals surface area contributed by atoms with E-state index in [4.69, 9.17) is 11.5 Å². The molecule has 0 radical (unpaired) electrons. The SMILES string of the molecule is NC(N)=NCCC[C@H](NC(=O)CN1CCN[C@@H](Cc2ccccc2)C1=O)C(=O)c1nccs1. The first kappa shape index (κ1) is 24.3. The number of amides is 2. The maximum absolute atomic E-state index is 12.9. The molecule has 0 aliphatic carbocycles. The summed E-state index contributed by atoms with van der Waals surface area (Å²) in [6.07, 6.45) is 2.95. The number of guanidine groups is 1. The topological polar surface area (TPSA) is 156 Å². The van der Waals surface area contributed by atoms with Crippen LogP contribution in [0.2, 0.25) is 0 Å². The fourth-order valence-corrected chi connectivity index (χ4v) is 4.27. The minimum absolute atomic E-state index is 0.0240. The smallest absolute Gasteiger partial charge is 0.240 e. The van der Waals surface area contributed by atoms with E-state index in [1.54, 1.807) is 11.6 Å². The molecular weight excluding hydrogens is 442 g/mol. The molecule has 176 valence electrons. The van der Waals surface area contributed by atoms with Gasteiger partial charge in [0, 0.05) is 31.2 Å². The third-order valence-electron chi connectivity index (χ3n) is 5.24. The first-order valence-corrected chi connectivity index (χ1v) is 11.7. The number of rotatable bonds is 11. The van der Waals surface area contributed by atoms with E-state index in [0.717, 1.165) is 5.56 Å². The van der Waals surface area contributed by atoms with Crippen molar-refractivity contribution < 1.29 is 14.4 Å². The van der Waals surface area contributed by atoms with Crippen molar-refractivity contribution >= 4 is 34.9 Å². The Kier molecular flexibility index (Phi) is 8.90. The fraction of sp³-hybridized carbons (Fsp3) is 0.409. The number of carbonyl (C=O) groups is 3. The highest BCUT2D eigenvalue weighted by Crippen LogP contribution is 2.12. The molecule has 1 saturated heterocycles. The van der Waals surface area contributed by atoms with E-state index < -0.39 is 6.04 Å². The van der Waals surface area contributed by atoms with E-state index in [9.17, 15) is 14.4 Å². The number of benzene rings is 1. The van der Waals surface area contributed by atoms with Crippen molar-refractivity contribution in [3.8, 4) is 0 Å². The summed E-state index contributed by atoms with van der Waals surface area (Å²) in [5.74, 6) is -0.808. The Morgan fingerprint density at radius 2 is 2.09 bits per heavy atom. The highest BCUT2D eigenvalue weighted by atomic mass is 32.1. The molecule has 0 unspecified atom stereocenters. The molecule has 1 aromatic heterocycles. The van der Waals surface area contributed by atoms with Crippen molar-refractivity contribution in [3.05, 3.63) is 52.5 Å². The number of thiazole rings is 1. The summed E-state index contributed by atoms with van der Waals surface area (Å²) >= 11 is 1.22. The van der Waals surface area contributed by atoms with Crippen LogP contribution >= 0.6 is 11.3 Å². The van der Waals surface area contributed by atoms with Gasteiger partial charge in [-0.25, -0.2) is 4.98 Å². The molecule has 1 aliphatic rings. The van der Waals surface area contributed by atoms with Crippen LogP contribution in [0.25, 0.3) is 0 Å². The molecule has 0 saturated carbocycles. The number of aromatic nitrogens is 1. The lowest BCUT2D eigenvalue weighted by atomic mass is 10.0. The molecule has 11 heteroatoms. The van der Waals surface area contributed by atoms with Gasteiger partial charge in [-0.15, -0.1) is 11.3 Å². The Morgan fingerprint density at radius 1 is 1.30 bits per heavy atom. The van der Waals surface area contributed by atoms with Crippen molar-refractivity contribution in [3.63, 3.8) is 0 Å². The minimum Gasteiger partial charge on any atom is -0.370 e. The van der Waals surface area contributed by atoms with Gasteiger partial charge in [-0.2, -0.15) is 0 Å². The number of carbonyl (C=O) groups excluding carboxylic acids is 3. The van der Waals surface area contributed by atoms with Gasteiger partial charge in [0.15, 0.2) is 11.0 Å². The molecule has 0 spiro atoms. The number of aliphatic imine (C=N–C) groups is 1. The predicted octanol–water partition coefficient (Wildman–Crippen LogP) is -0.0927. The number of nitrogens with one attached hydrogen (secondary N) is 2. The van der Waals surface area contributed by atoms with Gasteiger partial charge in [0.25, 0.3) is 0 Å². The van der Waals surface area contributed by atoms with Crippen molar-refractivity contribution in [2.24, 2.45) is 16.5 Å². The van der Waals surface area contributed by atoms with E-state index in [1.807, 2.05) is 30.3 Å². The Balaban J connectivity index is 1.59. The highest BCUT2D eigenvalue weighted by molar-refractivity contribution is 7.11. The predicted molar refractivity (Wildman–Crippen MR) is 127 cm³/mol. The maximum Gasteiger partial charge on any atom is 0.240 e. The van der Waals surface area contributed by atoms with Gasteiger partial charge in [0.05, 0.1) is 18.6 Å². The second-order valence-corrected chi connectivity index (χ2v) is 8.62. The maximum atomic E-state index is 12.9. The minimum atomic E-state index is -0.768. The Morgan fingerprint density at radius 3 is 2.79 bits per heavy atom. The molecule has 1 aliphatic heterocycles. The van der Waals surface area contributed by atoms with Crippen LogP contribution in [0.1, 0.15) is 28.2 Å². The van der Waals surface area contributed by atoms with Crippen molar-refractivity contribution in [2.75, 3.05) is 26.2 Å². The largest absolute Gasteiger partial charge is 0.370 e. The molecule has 1 fully saturated rings. The average molecular weight is 472 g/mol. The molecule has 33 heavy (non-hydrogen) atoms. The van der Waals surface area contributed by atoms with Crippen LogP contribution in [0.4, 0.5) is 0 Å². The van der Waals surface area contributed by atoms with Gasteiger partial charge >= 0.3 is 0 Å². The quantitative estimate of drug-likeness (QED) is 0.154. The Hall–Kier alpha value is -3.31. The zero-order chi connectivity index (χ0) is 23.6. The summed E-state index contributed by atoms with van der Waals surface area (Å²) < 4.78 is 0. The number of Topliss-reactive ketones (excluding diaryl/α,β-unsaturated/α-hetero) is 1. The van der Waals surface area contributed by atoms with Crippen LogP contribution in [0.15, 0.2) is 46.9 Å². The molecule has 2 amide bonds. The van der Waals surface area contributed by atoms with Gasteiger partial charge in [0.1, 0.15) is 0 Å². The lowest BCUT2D eigenvalue weighted by molar-refractivity contribution is -0.139. The number of hydrogen-bond acceptors (Lipinski definition) is 7. The zero-order valence-electron chi connectivity index (χ0n) is 18.3. The normalized spacial score (nSPS) is 16.8. The molecule has 6 N–H and O–H groups in total. The third kappa shape index (κ3) is 7.36. The summed E-state index contributed by atoms with van der Waals surface area (Å²) in [5, 5.41) is 8.03. The van der Waals surface area contributed by atoms with E-state index >= 15 is 0 Å². The number of piperazine rings is 1. The Bertz CT molecular complexity index is 962. The van der Waals surface area contributed by atoms with Gasteiger partial charge in [-0.3, -0.25) is 19.4 Å². The number of nitrogens with two attached hydrogens (primary N) is 2. The first-order chi connectivity index (χ1) is 15.9. The summed E-state index contributed by atoms with van der Waals surface area (Å²) in [6, 6.07) is 8.57. The molecule has 2 atom stereocenters. The van der Waals surface area contributed by atoms with Crippen molar-refractivity contribution in [1.82, 2.24) is 20.5 Å². The van der Waals surface area contributed by atoms with Crippen LogP contribution in [-0.4, -0.2) is 71.7 Å².